The van der Waals surface area contributed by atoms with Crippen molar-refractivity contribution in [1.29, 1.82) is 0 Å². The van der Waals surface area contributed by atoms with Crippen molar-refractivity contribution in [2.45, 2.75) is 0 Å². The highest BCUT2D eigenvalue weighted by Gasteiger charge is 2.19. The van der Waals surface area contributed by atoms with Gasteiger partial charge in [-0.25, -0.2) is 9.97 Å². The van der Waals surface area contributed by atoms with E-state index in [4.69, 9.17) is 31.8 Å². The number of aromatic nitrogens is 3. The topological polar surface area (TPSA) is 81.2 Å². The highest BCUT2D eigenvalue weighted by molar-refractivity contribution is 6.32. The van der Waals surface area contributed by atoms with Crippen LogP contribution in [0.1, 0.15) is 0 Å². The first kappa shape index (κ1) is 19.8. The molecule has 0 atom stereocenters. The summed E-state index contributed by atoms with van der Waals surface area (Å²) < 4.78 is 12.7. The summed E-state index contributed by atoms with van der Waals surface area (Å²) in [5.74, 6) is 2.15. The van der Waals surface area contributed by atoms with Gasteiger partial charge in [-0.05, 0) is 6.07 Å². The van der Waals surface area contributed by atoms with Gasteiger partial charge in [0.05, 0.1) is 24.9 Å². The number of hydrogen-bond donors (Lipinski definition) is 1. The summed E-state index contributed by atoms with van der Waals surface area (Å²) in [5, 5.41) is 0.509. The van der Waals surface area contributed by atoms with Gasteiger partial charge in [0.1, 0.15) is 29.3 Å². The Bertz CT molecular complexity index is 1000. The molecule has 154 valence electrons. The van der Waals surface area contributed by atoms with Gasteiger partial charge in [-0.2, -0.15) is 0 Å². The Hall–Kier alpha value is -2.55. The quantitative estimate of drug-likeness (QED) is 0.659. The van der Waals surface area contributed by atoms with E-state index in [1.54, 1.807) is 26.6 Å². The van der Waals surface area contributed by atoms with E-state index in [0.29, 0.717) is 23.1 Å². The molecule has 29 heavy (non-hydrogen) atoms. The number of ether oxygens (including phenoxy) is 2. The van der Waals surface area contributed by atoms with Crippen molar-refractivity contribution in [3.05, 3.63) is 35.7 Å². The van der Waals surface area contributed by atoms with Crippen LogP contribution in [0.4, 0.5) is 5.82 Å². The van der Waals surface area contributed by atoms with Crippen LogP contribution in [-0.4, -0.2) is 72.8 Å². The summed E-state index contributed by atoms with van der Waals surface area (Å²) in [6, 6.07) is 5.60. The minimum absolute atomic E-state index is 0.509. The fraction of sp³-hybridized carbons (Fsp3) is 0.400. The third-order valence-electron chi connectivity index (χ3n) is 5.23. The smallest absolute Gasteiger partial charge is 0.142 e. The molecule has 4 rings (SSSR count). The highest BCUT2D eigenvalue weighted by Crippen LogP contribution is 2.38. The number of imidazole rings is 1. The predicted octanol–water partition coefficient (Wildman–Crippen LogP) is 2.15. The number of methoxy groups -OCH3 is 2. The molecule has 1 aliphatic heterocycles. The van der Waals surface area contributed by atoms with Crippen LogP contribution in [0, 0.1) is 0 Å². The number of benzene rings is 1. The minimum Gasteiger partial charge on any atom is -0.496 e. The first-order valence-electron chi connectivity index (χ1n) is 9.57. The largest absolute Gasteiger partial charge is 0.496 e. The molecule has 0 radical (unpaired) electrons. The molecule has 0 bridgehead atoms. The molecule has 9 heteroatoms. The second kappa shape index (κ2) is 8.44. The van der Waals surface area contributed by atoms with Gasteiger partial charge < -0.3 is 20.1 Å². The van der Waals surface area contributed by atoms with Crippen LogP contribution in [0.15, 0.2) is 30.7 Å². The molecule has 2 N–H and O–H groups in total. The number of piperazine rings is 1. The fourth-order valence-electron chi connectivity index (χ4n) is 3.63. The van der Waals surface area contributed by atoms with Gasteiger partial charge in [0.2, 0.25) is 0 Å². The van der Waals surface area contributed by atoms with Crippen molar-refractivity contribution in [3.8, 4) is 22.8 Å². The lowest BCUT2D eigenvalue weighted by Gasteiger charge is -2.35. The van der Waals surface area contributed by atoms with Gasteiger partial charge in [0.15, 0.2) is 0 Å². The van der Waals surface area contributed by atoms with E-state index in [1.807, 2.05) is 22.7 Å². The summed E-state index contributed by atoms with van der Waals surface area (Å²) >= 11 is 6.32. The van der Waals surface area contributed by atoms with Crippen molar-refractivity contribution < 1.29 is 9.47 Å². The van der Waals surface area contributed by atoms with Crippen LogP contribution in [0.3, 0.4) is 0 Å². The van der Waals surface area contributed by atoms with Crippen molar-refractivity contribution in [2.75, 3.05) is 58.4 Å². The first-order chi connectivity index (χ1) is 14.1. The Morgan fingerprint density at radius 2 is 1.83 bits per heavy atom. The van der Waals surface area contributed by atoms with Gasteiger partial charge in [0, 0.05) is 63.2 Å². The summed E-state index contributed by atoms with van der Waals surface area (Å²) in [6.07, 6.45) is 3.72. The maximum atomic E-state index is 6.32. The van der Waals surface area contributed by atoms with E-state index in [9.17, 15) is 0 Å². The van der Waals surface area contributed by atoms with Crippen molar-refractivity contribution in [3.63, 3.8) is 0 Å². The molecule has 0 spiro atoms. The van der Waals surface area contributed by atoms with Gasteiger partial charge in [-0.1, -0.05) is 11.6 Å². The molecule has 0 unspecified atom stereocenters. The number of nitrogens with two attached hydrogens (primary N) is 1. The molecule has 1 aliphatic rings. The Labute approximate surface area is 174 Å². The third kappa shape index (κ3) is 3.96. The molecular weight excluding hydrogens is 392 g/mol. The average Bonchev–Trinajstić information content (AvgIpc) is 3.17. The molecule has 0 amide bonds. The maximum absolute atomic E-state index is 6.32. The van der Waals surface area contributed by atoms with Crippen LogP contribution in [0.25, 0.3) is 16.9 Å². The Kier molecular flexibility index (Phi) is 5.75. The lowest BCUT2D eigenvalue weighted by molar-refractivity contribution is 0.264. The van der Waals surface area contributed by atoms with E-state index in [2.05, 4.69) is 14.8 Å². The number of anilines is 1. The molecule has 0 aliphatic carbocycles. The van der Waals surface area contributed by atoms with Gasteiger partial charge >= 0.3 is 0 Å². The van der Waals surface area contributed by atoms with Crippen LogP contribution < -0.4 is 20.1 Å². The van der Waals surface area contributed by atoms with E-state index in [-0.39, 0.29) is 0 Å². The molecule has 0 saturated carbocycles. The zero-order valence-electron chi connectivity index (χ0n) is 16.6. The Morgan fingerprint density at radius 1 is 1.07 bits per heavy atom. The second-order valence-electron chi connectivity index (χ2n) is 6.94. The van der Waals surface area contributed by atoms with E-state index in [0.717, 1.165) is 55.4 Å². The average molecular weight is 417 g/mol. The van der Waals surface area contributed by atoms with Crippen molar-refractivity contribution in [1.82, 2.24) is 19.3 Å². The normalized spacial score (nSPS) is 15.1. The minimum atomic E-state index is 0.509. The Morgan fingerprint density at radius 3 is 2.52 bits per heavy atom. The zero-order valence-corrected chi connectivity index (χ0v) is 17.4. The lowest BCUT2D eigenvalue weighted by atomic mass is 10.1. The number of hydrogen-bond acceptors (Lipinski definition) is 7. The number of halogens is 1. The molecule has 3 aromatic rings. The van der Waals surface area contributed by atoms with Gasteiger partial charge in [0.25, 0.3) is 0 Å². The summed E-state index contributed by atoms with van der Waals surface area (Å²) in [7, 11) is 3.19. The maximum Gasteiger partial charge on any atom is 0.142 e. The fourth-order valence-corrected chi connectivity index (χ4v) is 3.87. The predicted molar refractivity (Wildman–Crippen MR) is 114 cm³/mol. The van der Waals surface area contributed by atoms with Crippen molar-refractivity contribution >= 4 is 23.1 Å². The molecule has 1 fully saturated rings. The Balaban J connectivity index is 1.62. The van der Waals surface area contributed by atoms with E-state index < -0.39 is 0 Å². The lowest BCUT2D eigenvalue weighted by Crippen LogP contribution is -2.48. The van der Waals surface area contributed by atoms with Crippen LogP contribution in [-0.2, 0) is 0 Å². The molecule has 2 aromatic heterocycles. The second-order valence-corrected chi connectivity index (χ2v) is 7.35. The van der Waals surface area contributed by atoms with Crippen LogP contribution >= 0.6 is 11.6 Å². The zero-order chi connectivity index (χ0) is 20.4. The molecule has 1 saturated heterocycles. The standard InChI is InChI=1S/C20H25ClN6O2/c1-28-17-10-18(29-2)15(21)9-14(17)16-12-27-13-23-19(11-20(27)24-16)26-7-5-25(4-3-22)6-8-26/h9-13H,3-8,22H2,1-2H3. The van der Waals surface area contributed by atoms with Crippen LogP contribution in [0.2, 0.25) is 5.02 Å². The van der Waals surface area contributed by atoms with Crippen LogP contribution in [0.5, 0.6) is 11.5 Å². The first-order valence-corrected chi connectivity index (χ1v) is 9.94. The monoisotopic (exact) mass is 416 g/mol. The SMILES string of the molecule is COc1cc(OC)c(-c2cn3cnc(N4CCN(CCN)CC4)cc3n2)cc1Cl. The summed E-state index contributed by atoms with van der Waals surface area (Å²) in [4.78, 5) is 14.1. The number of nitrogens with zero attached hydrogens (tertiary/aromatic N) is 5. The molecular formula is C20H25ClN6O2. The van der Waals surface area contributed by atoms with Crippen molar-refractivity contribution in [2.24, 2.45) is 5.73 Å². The molecule has 8 nitrogen and oxygen atoms in total. The number of rotatable bonds is 6. The van der Waals surface area contributed by atoms with E-state index >= 15 is 0 Å². The number of fused-ring (bicyclic) bond motifs is 1. The third-order valence-corrected chi connectivity index (χ3v) is 5.52. The highest BCUT2D eigenvalue weighted by atomic mass is 35.5. The molecule has 1 aromatic carbocycles. The van der Waals surface area contributed by atoms with E-state index in [1.165, 1.54) is 0 Å². The van der Waals surface area contributed by atoms with Gasteiger partial charge in [-0.15, -0.1) is 0 Å². The summed E-state index contributed by atoms with van der Waals surface area (Å²) in [6.45, 7) is 5.48. The van der Waals surface area contributed by atoms with Gasteiger partial charge in [-0.3, -0.25) is 9.30 Å². The molecule has 3 heterocycles. The summed E-state index contributed by atoms with van der Waals surface area (Å²) in [5.41, 5.74) is 8.05.